The Bertz CT molecular complexity index is 424. The fraction of sp³-hybridized carbons (Fsp3) is 0.462. The van der Waals surface area contributed by atoms with Crippen LogP contribution >= 0.6 is 0 Å². The van der Waals surface area contributed by atoms with E-state index in [1.165, 1.54) is 12.1 Å². The Balaban J connectivity index is 2.12. The highest BCUT2D eigenvalue weighted by atomic mass is 19.1. The van der Waals surface area contributed by atoms with Crippen LogP contribution in [0.4, 0.5) is 4.39 Å². The molecule has 0 aliphatic heterocycles. The molecule has 16 heavy (non-hydrogen) atoms. The predicted octanol–water partition coefficient (Wildman–Crippen LogP) is 1.98. The lowest BCUT2D eigenvalue weighted by atomic mass is 9.93. The van der Waals surface area contributed by atoms with Gasteiger partial charge < -0.3 is 5.73 Å². The predicted molar refractivity (Wildman–Crippen MR) is 60.6 cm³/mol. The highest BCUT2D eigenvalue weighted by Crippen LogP contribution is 2.46. The average molecular weight is 221 g/mol. The van der Waals surface area contributed by atoms with Crippen LogP contribution in [0.15, 0.2) is 18.2 Å². The maximum atomic E-state index is 12.9. The first-order chi connectivity index (χ1) is 7.57. The maximum Gasteiger partial charge on any atom is 0.144 e. The molecule has 1 fully saturated rings. The molecule has 0 amide bonds. The minimum absolute atomic E-state index is 0.199. The number of aryl methyl sites for hydroxylation is 1. The van der Waals surface area contributed by atoms with E-state index in [9.17, 15) is 9.18 Å². The van der Waals surface area contributed by atoms with Gasteiger partial charge in [0.25, 0.3) is 0 Å². The molecule has 0 bridgehead atoms. The van der Waals surface area contributed by atoms with Gasteiger partial charge in [-0.05, 0) is 43.0 Å². The monoisotopic (exact) mass is 221 g/mol. The number of rotatable bonds is 4. The number of ketones is 1. The van der Waals surface area contributed by atoms with Crippen molar-refractivity contribution in [2.24, 2.45) is 11.1 Å². The van der Waals surface area contributed by atoms with Crippen molar-refractivity contribution >= 4 is 5.78 Å². The topological polar surface area (TPSA) is 43.1 Å². The highest BCUT2D eigenvalue weighted by Gasteiger charge is 2.47. The summed E-state index contributed by atoms with van der Waals surface area (Å²) in [5.41, 5.74) is 7.08. The number of carbonyl (C=O) groups excluding carboxylic acids is 1. The third kappa shape index (κ3) is 2.00. The van der Waals surface area contributed by atoms with E-state index in [0.717, 1.165) is 24.0 Å². The summed E-state index contributed by atoms with van der Waals surface area (Å²) in [5.74, 6) is -0.0571. The molecular weight excluding hydrogens is 205 g/mol. The second-order valence-electron chi connectivity index (χ2n) is 4.66. The van der Waals surface area contributed by atoms with E-state index in [2.05, 4.69) is 0 Å². The number of hydrogen-bond acceptors (Lipinski definition) is 2. The molecule has 0 atom stereocenters. The Labute approximate surface area is 94.6 Å². The first-order valence-corrected chi connectivity index (χ1v) is 5.56. The standard InChI is InChI=1S/C13H16FNO/c1-9-6-11(14)3-2-10(9)7-12(16)13(8-15)4-5-13/h2-3,6H,4-5,7-8,15H2,1H3. The summed E-state index contributed by atoms with van der Waals surface area (Å²) in [6.07, 6.45) is 2.19. The summed E-state index contributed by atoms with van der Waals surface area (Å²) in [6.45, 7) is 2.26. The van der Waals surface area contributed by atoms with Gasteiger partial charge in [0.1, 0.15) is 11.6 Å². The van der Waals surface area contributed by atoms with Crippen LogP contribution in [-0.2, 0) is 11.2 Å². The SMILES string of the molecule is Cc1cc(F)ccc1CC(=O)C1(CN)CC1. The molecule has 0 unspecified atom stereocenters. The van der Waals surface area contributed by atoms with Crippen molar-refractivity contribution in [3.63, 3.8) is 0 Å². The molecule has 0 radical (unpaired) electrons. The van der Waals surface area contributed by atoms with Crippen LogP contribution in [-0.4, -0.2) is 12.3 Å². The van der Waals surface area contributed by atoms with Crippen LogP contribution in [0.1, 0.15) is 24.0 Å². The number of hydrogen-bond donors (Lipinski definition) is 1. The molecule has 1 aromatic rings. The van der Waals surface area contributed by atoms with E-state index in [1.807, 2.05) is 6.92 Å². The molecule has 0 spiro atoms. The molecule has 1 aliphatic carbocycles. The van der Waals surface area contributed by atoms with Crippen LogP contribution < -0.4 is 5.73 Å². The second-order valence-corrected chi connectivity index (χ2v) is 4.66. The van der Waals surface area contributed by atoms with Crippen molar-refractivity contribution in [2.45, 2.75) is 26.2 Å². The van der Waals surface area contributed by atoms with Gasteiger partial charge in [-0.1, -0.05) is 6.07 Å². The first kappa shape index (κ1) is 11.3. The Morgan fingerprint density at radius 1 is 1.50 bits per heavy atom. The van der Waals surface area contributed by atoms with Gasteiger partial charge in [-0.15, -0.1) is 0 Å². The summed E-state index contributed by atoms with van der Waals surface area (Å²) < 4.78 is 12.9. The normalized spacial score (nSPS) is 17.2. The molecule has 2 rings (SSSR count). The third-order valence-corrected chi connectivity index (χ3v) is 3.49. The molecule has 2 N–H and O–H groups in total. The first-order valence-electron chi connectivity index (χ1n) is 5.56. The summed E-state index contributed by atoms with van der Waals surface area (Å²) in [6, 6.07) is 4.55. The minimum atomic E-state index is -0.263. The van der Waals surface area contributed by atoms with Gasteiger partial charge >= 0.3 is 0 Å². The van der Waals surface area contributed by atoms with E-state index in [1.54, 1.807) is 6.07 Å². The zero-order valence-electron chi connectivity index (χ0n) is 9.42. The Morgan fingerprint density at radius 3 is 2.69 bits per heavy atom. The average Bonchev–Trinajstić information content (AvgIpc) is 3.03. The smallest absolute Gasteiger partial charge is 0.144 e. The van der Waals surface area contributed by atoms with Gasteiger partial charge in [0.15, 0.2) is 0 Å². The fourth-order valence-electron chi connectivity index (χ4n) is 1.97. The van der Waals surface area contributed by atoms with Crippen molar-refractivity contribution in [2.75, 3.05) is 6.54 Å². The number of Topliss-reactive ketones (excluding diaryl/α,β-unsaturated/α-hetero) is 1. The van der Waals surface area contributed by atoms with E-state index in [0.29, 0.717) is 13.0 Å². The van der Waals surface area contributed by atoms with E-state index < -0.39 is 0 Å². The summed E-state index contributed by atoms with van der Waals surface area (Å²) >= 11 is 0. The van der Waals surface area contributed by atoms with Gasteiger partial charge in [-0.3, -0.25) is 4.79 Å². The number of nitrogens with two attached hydrogens (primary N) is 1. The zero-order chi connectivity index (χ0) is 11.8. The van der Waals surface area contributed by atoms with Crippen LogP contribution in [0.3, 0.4) is 0 Å². The number of carbonyl (C=O) groups is 1. The Hall–Kier alpha value is -1.22. The fourth-order valence-corrected chi connectivity index (χ4v) is 1.97. The molecule has 1 aliphatic rings. The van der Waals surface area contributed by atoms with Crippen LogP contribution in [0, 0.1) is 18.2 Å². The third-order valence-electron chi connectivity index (χ3n) is 3.49. The molecule has 1 saturated carbocycles. The largest absolute Gasteiger partial charge is 0.329 e. The van der Waals surface area contributed by atoms with Crippen molar-refractivity contribution in [3.05, 3.63) is 35.1 Å². The van der Waals surface area contributed by atoms with E-state index in [4.69, 9.17) is 5.73 Å². The van der Waals surface area contributed by atoms with Gasteiger partial charge in [0.05, 0.1) is 0 Å². The number of halogens is 1. The van der Waals surface area contributed by atoms with E-state index >= 15 is 0 Å². The Kier molecular flexibility index (Phi) is 2.80. The maximum absolute atomic E-state index is 12.9. The molecule has 2 nitrogen and oxygen atoms in total. The molecule has 0 heterocycles. The molecule has 0 saturated heterocycles. The summed E-state index contributed by atoms with van der Waals surface area (Å²) in [5, 5.41) is 0. The van der Waals surface area contributed by atoms with Crippen LogP contribution in [0.5, 0.6) is 0 Å². The van der Waals surface area contributed by atoms with Gasteiger partial charge in [-0.25, -0.2) is 4.39 Å². The summed E-state index contributed by atoms with van der Waals surface area (Å²) in [4.78, 5) is 12.0. The lowest BCUT2D eigenvalue weighted by Gasteiger charge is -2.12. The van der Waals surface area contributed by atoms with Crippen LogP contribution in [0.2, 0.25) is 0 Å². The van der Waals surface area contributed by atoms with Gasteiger partial charge in [-0.2, -0.15) is 0 Å². The van der Waals surface area contributed by atoms with Gasteiger partial charge in [0.2, 0.25) is 0 Å². The van der Waals surface area contributed by atoms with E-state index in [-0.39, 0.29) is 17.0 Å². The highest BCUT2D eigenvalue weighted by molar-refractivity contribution is 5.89. The lowest BCUT2D eigenvalue weighted by Crippen LogP contribution is -2.26. The second kappa shape index (κ2) is 3.98. The Morgan fingerprint density at radius 2 is 2.19 bits per heavy atom. The minimum Gasteiger partial charge on any atom is -0.329 e. The molecule has 0 aromatic heterocycles. The van der Waals surface area contributed by atoms with Crippen molar-refractivity contribution in [1.82, 2.24) is 0 Å². The zero-order valence-corrected chi connectivity index (χ0v) is 9.42. The summed E-state index contributed by atoms with van der Waals surface area (Å²) in [7, 11) is 0. The van der Waals surface area contributed by atoms with Crippen LogP contribution in [0.25, 0.3) is 0 Å². The molecular formula is C13H16FNO. The molecule has 1 aromatic carbocycles. The van der Waals surface area contributed by atoms with Gasteiger partial charge in [0, 0.05) is 18.4 Å². The molecule has 86 valence electrons. The van der Waals surface area contributed by atoms with Crippen molar-refractivity contribution in [3.8, 4) is 0 Å². The lowest BCUT2D eigenvalue weighted by molar-refractivity contribution is -0.123. The van der Waals surface area contributed by atoms with Crippen molar-refractivity contribution in [1.29, 1.82) is 0 Å². The number of benzene rings is 1. The van der Waals surface area contributed by atoms with Crippen molar-refractivity contribution < 1.29 is 9.18 Å². The molecule has 3 heteroatoms. The quantitative estimate of drug-likeness (QED) is 0.844.